The van der Waals surface area contributed by atoms with Gasteiger partial charge in [0.2, 0.25) is 0 Å². The molecule has 1 unspecified atom stereocenters. The lowest BCUT2D eigenvalue weighted by Crippen LogP contribution is -2.32. The number of benzene rings is 1. The van der Waals surface area contributed by atoms with Gasteiger partial charge in [0.05, 0.1) is 5.56 Å². The normalized spacial score (nSPS) is 11.9. The molecule has 1 heterocycles. The van der Waals surface area contributed by atoms with Gasteiger partial charge in [0, 0.05) is 11.9 Å². The van der Waals surface area contributed by atoms with Crippen molar-refractivity contribution in [2.24, 2.45) is 0 Å². The van der Waals surface area contributed by atoms with Crippen LogP contribution in [0.5, 0.6) is 0 Å². The van der Waals surface area contributed by atoms with Crippen LogP contribution >= 0.6 is 11.6 Å². The van der Waals surface area contributed by atoms with E-state index in [-0.39, 0.29) is 16.6 Å². The Hall–Kier alpha value is -2.40. The van der Waals surface area contributed by atoms with Gasteiger partial charge in [-0.15, -0.1) is 0 Å². The molecule has 0 aliphatic carbocycles. The molecule has 2 aromatic rings. The van der Waals surface area contributed by atoms with E-state index >= 15 is 0 Å². The largest absolute Gasteiger partial charge is 0.449 e. The number of ether oxygens (including phenoxy) is 1. The van der Waals surface area contributed by atoms with Crippen molar-refractivity contribution in [3.05, 3.63) is 58.9 Å². The Balaban J connectivity index is 2.01. The Bertz CT molecular complexity index is 745. The summed E-state index contributed by atoms with van der Waals surface area (Å²) in [4.78, 5) is 28.3. The summed E-state index contributed by atoms with van der Waals surface area (Å²) < 4.78 is 5.30. The van der Waals surface area contributed by atoms with E-state index in [4.69, 9.17) is 16.3 Å². The zero-order valence-electron chi connectivity index (χ0n) is 14.5. The molecule has 6 heteroatoms. The highest BCUT2D eigenvalue weighted by molar-refractivity contribution is 6.29. The predicted molar refractivity (Wildman–Crippen MR) is 97.9 cm³/mol. The summed E-state index contributed by atoms with van der Waals surface area (Å²) >= 11 is 5.77. The van der Waals surface area contributed by atoms with E-state index in [9.17, 15) is 9.59 Å². The molecule has 1 N–H and O–H groups in total. The number of hydrogen-bond donors (Lipinski definition) is 1. The average molecular weight is 361 g/mol. The molecule has 1 atom stereocenters. The molecule has 5 nitrogen and oxygen atoms in total. The lowest BCUT2D eigenvalue weighted by atomic mass is 10.0. The Morgan fingerprint density at radius 2 is 1.88 bits per heavy atom. The van der Waals surface area contributed by atoms with Crippen LogP contribution in [-0.2, 0) is 9.53 Å². The second kappa shape index (κ2) is 8.62. The van der Waals surface area contributed by atoms with Gasteiger partial charge in [-0.1, -0.05) is 44.5 Å². The lowest BCUT2D eigenvalue weighted by Gasteiger charge is -2.16. The van der Waals surface area contributed by atoms with Crippen molar-refractivity contribution in [3.8, 4) is 0 Å². The first kappa shape index (κ1) is 18.9. The number of halogens is 1. The van der Waals surface area contributed by atoms with Crippen molar-refractivity contribution < 1.29 is 14.3 Å². The number of carbonyl (C=O) groups excluding carboxylic acids is 2. The summed E-state index contributed by atoms with van der Waals surface area (Å²) in [5, 5.41) is 2.96. The molecule has 2 rings (SSSR count). The monoisotopic (exact) mass is 360 g/mol. The lowest BCUT2D eigenvalue weighted by molar-refractivity contribution is -0.124. The van der Waals surface area contributed by atoms with Crippen molar-refractivity contribution in [2.75, 3.05) is 5.32 Å². The molecule has 0 saturated carbocycles. The number of anilines is 1. The number of nitrogens with one attached hydrogen (secondary N) is 1. The first-order chi connectivity index (χ1) is 11.9. The maximum atomic E-state index is 12.4. The number of aromatic nitrogens is 1. The second-order valence-corrected chi connectivity index (χ2v) is 6.32. The van der Waals surface area contributed by atoms with E-state index in [1.165, 1.54) is 23.9 Å². The summed E-state index contributed by atoms with van der Waals surface area (Å²) in [5.41, 5.74) is 2.11. The molecule has 1 aromatic carbocycles. The molecule has 1 aromatic heterocycles. The zero-order valence-corrected chi connectivity index (χ0v) is 15.2. The maximum Gasteiger partial charge on any atom is 0.339 e. The number of pyridine rings is 1. The van der Waals surface area contributed by atoms with E-state index in [1.54, 1.807) is 6.92 Å². The molecule has 132 valence electrons. The van der Waals surface area contributed by atoms with Gasteiger partial charge in [0.25, 0.3) is 5.91 Å². The van der Waals surface area contributed by atoms with Gasteiger partial charge in [-0.25, -0.2) is 9.78 Å². The van der Waals surface area contributed by atoms with Crippen LogP contribution in [0.3, 0.4) is 0 Å². The SMILES string of the molecule is CCC(OC(=O)c1ccnc(Cl)c1)C(=O)Nc1ccc(C(C)C)cc1. The Morgan fingerprint density at radius 3 is 2.44 bits per heavy atom. The first-order valence-corrected chi connectivity index (χ1v) is 8.51. The van der Waals surface area contributed by atoms with Crippen LogP contribution in [0.25, 0.3) is 0 Å². The van der Waals surface area contributed by atoms with Gasteiger partial charge in [-0.05, 0) is 42.2 Å². The van der Waals surface area contributed by atoms with Crippen LogP contribution in [0.4, 0.5) is 5.69 Å². The highest BCUT2D eigenvalue weighted by Gasteiger charge is 2.22. The fourth-order valence-corrected chi connectivity index (χ4v) is 2.40. The van der Waals surface area contributed by atoms with E-state index in [0.717, 1.165) is 0 Å². The summed E-state index contributed by atoms with van der Waals surface area (Å²) in [6, 6.07) is 10.5. The van der Waals surface area contributed by atoms with E-state index in [2.05, 4.69) is 24.1 Å². The number of hydrogen-bond acceptors (Lipinski definition) is 4. The highest BCUT2D eigenvalue weighted by atomic mass is 35.5. The molecule has 0 bridgehead atoms. The van der Waals surface area contributed by atoms with Crippen LogP contribution in [0.1, 0.15) is 49.0 Å². The molecular weight excluding hydrogens is 340 g/mol. The van der Waals surface area contributed by atoms with E-state index in [1.807, 2.05) is 24.3 Å². The fraction of sp³-hybridized carbons (Fsp3) is 0.316. The average Bonchev–Trinajstić information content (AvgIpc) is 2.59. The van der Waals surface area contributed by atoms with Gasteiger partial charge < -0.3 is 10.1 Å². The van der Waals surface area contributed by atoms with Crippen molar-refractivity contribution in [1.29, 1.82) is 0 Å². The van der Waals surface area contributed by atoms with Crippen LogP contribution in [0.15, 0.2) is 42.6 Å². The van der Waals surface area contributed by atoms with Gasteiger partial charge in [0.1, 0.15) is 5.15 Å². The minimum absolute atomic E-state index is 0.192. The Labute approximate surface area is 152 Å². The number of esters is 1. The Morgan fingerprint density at radius 1 is 1.20 bits per heavy atom. The smallest absolute Gasteiger partial charge is 0.339 e. The minimum Gasteiger partial charge on any atom is -0.449 e. The van der Waals surface area contributed by atoms with Gasteiger partial charge in [-0.3, -0.25) is 4.79 Å². The van der Waals surface area contributed by atoms with Crippen LogP contribution in [0.2, 0.25) is 5.15 Å². The van der Waals surface area contributed by atoms with Crippen LogP contribution in [0, 0.1) is 0 Å². The quantitative estimate of drug-likeness (QED) is 0.611. The van der Waals surface area contributed by atoms with Crippen LogP contribution in [-0.4, -0.2) is 23.0 Å². The minimum atomic E-state index is -0.885. The Kier molecular flexibility index (Phi) is 6.53. The third kappa shape index (κ3) is 5.29. The maximum absolute atomic E-state index is 12.4. The molecular formula is C19H21ClN2O3. The third-order valence-corrected chi connectivity index (χ3v) is 3.93. The van der Waals surface area contributed by atoms with E-state index in [0.29, 0.717) is 18.0 Å². The third-order valence-electron chi connectivity index (χ3n) is 3.72. The molecule has 0 aliphatic heterocycles. The summed E-state index contributed by atoms with van der Waals surface area (Å²) in [5.74, 6) is -0.559. The first-order valence-electron chi connectivity index (χ1n) is 8.14. The van der Waals surface area contributed by atoms with Gasteiger partial charge >= 0.3 is 5.97 Å². The molecule has 1 amide bonds. The van der Waals surface area contributed by atoms with Crippen molar-refractivity contribution in [3.63, 3.8) is 0 Å². The molecule has 0 fully saturated rings. The number of carbonyl (C=O) groups is 2. The molecule has 0 aliphatic rings. The van der Waals surface area contributed by atoms with Gasteiger partial charge in [0.15, 0.2) is 6.10 Å². The highest BCUT2D eigenvalue weighted by Crippen LogP contribution is 2.18. The summed E-state index contributed by atoms with van der Waals surface area (Å²) in [7, 11) is 0. The van der Waals surface area contributed by atoms with Crippen LogP contribution < -0.4 is 5.32 Å². The standard InChI is InChI=1S/C19H21ClN2O3/c1-4-16(25-19(24)14-9-10-21-17(20)11-14)18(23)22-15-7-5-13(6-8-15)12(2)3/h5-12,16H,4H2,1-3H3,(H,22,23). The summed E-state index contributed by atoms with van der Waals surface area (Å²) in [6.45, 7) is 5.98. The molecule has 25 heavy (non-hydrogen) atoms. The molecule has 0 saturated heterocycles. The molecule has 0 spiro atoms. The van der Waals surface area contributed by atoms with Crippen molar-refractivity contribution in [2.45, 2.75) is 39.2 Å². The molecule has 0 radical (unpaired) electrons. The number of amides is 1. The summed E-state index contributed by atoms with van der Waals surface area (Å²) in [6.07, 6.45) is 0.890. The number of nitrogens with zero attached hydrogens (tertiary/aromatic N) is 1. The second-order valence-electron chi connectivity index (χ2n) is 5.94. The van der Waals surface area contributed by atoms with Crippen molar-refractivity contribution in [1.82, 2.24) is 4.98 Å². The zero-order chi connectivity index (χ0) is 18.4. The van der Waals surface area contributed by atoms with Gasteiger partial charge in [-0.2, -0.15) is 0 Å². The predicted octanol–water partition coefficient (Wildman–Crippen LogP) is 4.43. The van der Waals surface area contributed by atoms with Crippen molar-refractivity contribution >= 4 is 29.2 Å². The van der Waals surface area contributed by atoms with E-state index < -0.39 is 12.1 Å². The topological polar surface area (TPSA) is 68.3 Å². The number of rotatable bonds is 6. The fourth-order valence-electron chi connectivity index (χ4n) is 2.22.